The number of carboxylic acids is 1. The fourth-order valence-corrected chi connectivity index (χ4v) is 3.09. The molecule has 25 heavy (non-hydrogen) atoms. The Morgan fingerprint density at radius 2 is 1.88 bits per heavy atom. The summed E-state index contributed by atoms with van der Waals surface area (Å²) < 4.78 is 37.3. The molecule has 0 heterocycles. The zero-order valence-electron chi connectivity index (χ0n) is 14.4. The highest BCUT2D eigenvalue weighted by Gasteiger charge is 2.37. The van der Waals surface area contributed by atoms with Gasteiger partial charge in [0.05, 0.1) is 13.0 Å². The minimum Gasteiger partial charge on any atom is -0.480 e. The number of amides is 2. The molecule has 2 aliphatic carbocycles. The van der Waals surface area contributed by atoms with Crippen LogP contribution < -0.4 is 5.32 Å². The Morgan fingerprint density at radius 3 is 2.36 bits per heavy atom. The van der Waals surface area contributed by atoms with E-state index in [1.54, 1.807) is 0 Å². The average molecular weight is 365 g/mol. The summed E-state index contributed by atoms with van der Waals surface area (Å²) in [6.07, 6.45) is -2.10. The third-order valence-corrected chi connectivity index (χ3v) is 4.83. The fourth-order valence-electron chi connectivity index (χ4n) is 3.09. The van der Waals surface area contributed by atoms with E-state index in [4.69, 9.17) is 5.11 Å². The van der Waals surface area contributed by atoms with Crippen LogP contribution in [0.3, 0.4) is 0 Å². The number of rotatable bonds is 9. The maximum Gasteiger partial charge on any atom is 0.390 e. The lowest BCUT2D eigenvalue weighted by atomic mass is 9.85. The number of urea groups is 1. The normalized spacial score (nSPS) is 23.2. The number of nitrogens with one attached hydrogen (secondary N) is 1. The maximum atomic E-state index is 12.4. The number of hydrogen-bond donors (Lipinski definition) is 2. The number of aliphatic carboxylic acids is 1. The van der Waals surface area contributed by atoms with Gasteiger partial charge in [-0.05, 0) is 38.1 Å². The molecule has 0 unspecified atom stereocenters. The maximum absolute atomic E-state index is 12.4. The Kier molecular flexibility index (Phi) is 6.53. The van der Waals surface area contributed by atoms with Crippen LogP contribution in [0.2, 0.25) is 0 Å². The van der Waals surface area contributed by atoms with E-state index in [0.717, 1.165) is 12.8 Å². The molecule has 0 atom stereocenters. The van der Waals surface area contributed by atoms with Crippen LogP contribution in [0.5, 0.6) is 0 Å². The summed E-state index contributed by atoms with van der Waals surface area (Å²) >= 11 is 0. The molecule has 9 heteroatoms. The van der Waals surface area contributed by atoms with Crippen LogP contribution in [-0.4, -0.2) is 71.3 Å². The smallest absolute Gasteiger partial charge is 0.390 e. The number of alkyl halides is 3. The standard InChI is InChI=1S/C16H26F3N3O3/c1-2-21(10-14(23)24)13-7-12(8-13)20-15(25)22(9-11-3-4-11)6-5-16(17,18)19/h11-13H,2-10H2,1H3,(H,20,25)(H,23,24). The molecule has 0 saturated heterocycles. The lowest BCUT2D eigenvalue weighted by Crippen LogP contribution is -2.57. The van der Waals surface area contributed by atoms with Gasteiger partial charge in [-0.25, -0.2) is 4.79 Å². The second-order valence-corrected chi connectivity index (χ2v) is 6.98. The molecule has 0 aromatic carbocycles. The largest absolute Gasteiger partial charge is 0.480 e. The van der Waals surface area contributed by atoms with E-state index in [0.29, 0.717) is 31.8 Å². The van der Waals surface area contributed by atoms with Crippen LogP contribution in [0.25, 0.3) is 0 Å². The van der Waals surface area contributed by atoms with E-state index in [-0.39, 0.29) is 25.2 Å². The number of likely N-dealkylation sites (N-methyl/N-ethyl adjacent to an activating group) is 1. The molecule has 2 amide bonds. The van der Waals surface area contributed by atoms with Gasteiger partial charge in [-0.1, -0.05) is 6.92 Å². The molecule has 0 spiro atoms. The third-order valence-electron chi connectivity index (χ3n) is 4.83. The van der Waals surface area contributed by atoms with Crippen LogP contribution >= 0.6 is 0 Å². The van der Waals surface area contributed by atoms with Crippen LogP contribution in [0, 0.1) is 5.92 Å². The van der Waals surface area contributed by atoms with Crippen molar-refractivity contribution in [2.24, 2.45) is 5.92 Å². The summed E-state index contributed by atoms with van der Waals surface area (Å²) in [5.41, 5.74) is 0. The highest BCUT2D eigenvalue weighted by Crippen LogP contribution is 2.31. The Balaban J connectivity index is 1.77. The minimum atomic E-state index is -4.28. The number of hydrogen-bond acceptors (Lipinski definition) is 3. The predicted molar refractivity (Wildman–Crippen MR) is 85.2 cm³/mol. The number of carbonyl (C=O) groups excluding carboxylic acids is 1. The molecule has 2 saturated carbocycles. The fraction of sp³-hybridized carbons (Fsp3) is 0.875. The minimum absolute atomic E-state index is 0.0405. The van der Waals surface area contributed by atoms with Gasteiger partial charge >= 0.3 is 18.2 Å². The van der Waals surface area contributed by atoms with Crippen molar-refractivity contribution in [2.45, 2.75) is 57.3 Å². The molecule has 6 nitrogen and oxygen atoms in total. The molecular formula is C16H26F3N3O3. The van der Waals surface area contributed by atoms with Crippen molar-refractivity contribution in [3.05, 3.63) is 0 Å². The van der Waals surface area contributed by atoms with Crippen LogP contribution in [0.15, 0.2) is 0 Å². The lowest BCUT2D eigenvalue weighted by molar-refractivity contribution is -0.140. The molecular weight excluding hydrogens is 339 g/mol. The molecule has 0 aliphatic heterocycles. The first-order chi connectivity index (χ1) is 11.7. The highest BCUT2D eigenvalue weighted by molar-refractivity contribution is 5.74. The zero-order chi connectivity index (χ0) is 18.6. The summed E-state index contributed by atoms with van der Waals surface area (Å²) in [5.74, 6) is -0.573. The quantitative estimate of drug-likeness (QED) is 0.658. The van der Waals surface area contributed by atoms with Gasteiger partial charge in [0.1, 0.15) is 0 Å². The summed E-state index contributed by atoms with van der Waals surface area (Å²) in [6.45, 7) is 2.50. The van der Waals surface area contributed by atoms with E-state index in [1.807, 2.05) is 11.8 Å². The Bertz CT molecular complexity index is 477. The summed E-state index contributed by atoms with van der Waals surface area (Å²) in [7, 11) is 0. The van der Waals surface area contributed by atoms with E-state index in [2.05, 4.69) is 5.32 Å². The first-order valence-corrected chi connectivity index (χ1v) is 8.76. The SMILES string of the molecule is CCN(CC(=O)O)C1CC(NC(=O)N(CCC(F)(F)F)CC2CC2)C1. The third kappa shape index (κ3) is 6.72. The Labute approximate surface area is 145 Å². The number of carbonyl (C=O) groups is 2. The summed E-state index contributed by atoms with van der Waals surface area (Å²) in [4.78, 5) is 26.2. The molecule has 0 aromatic heterocycles. The van der Waals surface area contributed by atoms with Gasteiger partial charge in [0, 0.05) is 25.2 Å². The first-order valence-electron chi connectivity index (χ1n) is 8.76. The summed E-state index contributed by atoms with van der Waals surface area (Å²) in [5, 5.41) is 11.7. The topological polar surface area (TPSA) is 72.9 Å². The van der Waals surface area contributed by atoms with Gasteiger partial charge < -0.3 is 15.3 Å². The molecule has 0 aromatic rings. The highest BCUT2D eigenvalue weighted by atomic mass is 19.4. The van der Waals surface area contributed by atoms with Crippen molar-refractivity contribution in [2.75, 3.05) is 26.2 Å². The van der Waals surface area contributed by atoms with Gasteiger partial charge in [-0.2, -0.15) is 13.2 Å². The van der Waals surface area contributed by atoms with Crippen molar-refractivity contribution >= 4 is 12.0 Å². The number of halogens is 3. The van der Waals surface area contributed by atoms with Crippen LogP contribution in [-0.2, 0) is 4.79 Å². The summed E-state index contributed by atoms with van der Waals surface area (Å²) in [6, 6.07) is -0.452. The van der Waals surface area contributed by atoms with Gasteiger partial charge in [0.2, 0.25) is 0 Å². The van der Waals surface area contributed by atoms with Crippen molar-refractivity contribution in [1.29, 1.82) is 0 Å². The van der Waals surface area contributed by atoms with E-state index in [9.17, 15) is 22.8 Å². The van der Waals surface area contributed by atoms with Gasteiger partial charge in [-0.3, -0.25) is 9.69 Å². The second kappa shape index (κ2) is 8.25. The van der Waals surface area contributed by atoms with Crippen LogP contribution in [0.4, 0.5) is 18.0 Å². The second-order valence-electron chi connectivity index (χ2n) is 6.98. The molecule has 2 fully saturated rings. The van der Waals surface area contributed by atoms with Crippen molar-refractivity contribution in [3.63, 3.8) is 0 Å². The number of carboxylic acid groups (broad SMARTS) is 1. The monoisotopic (exact) mass is 365 g/mol. The Morgan fingerprint density at radius 1 is 1.24 bits per heavy atom. The molecule has 0 radical (unpaired) electrons. The van der Waals surface area contributed by atoms with Gasteiger partial charge in [-0.15, -0.1) is 0 Å². The van der Waals surface area contributed by atoms with Crippen molar-refractivity contribution < 1.29 is 27.9 Å². The molecule has 0 bridgehead atoms. The van der Waals surface area contributed by atoms with Crippen LogP contribution in [0.1, 0.15) is 39.0 Å². The van der Waals surface area contributed by atoms with E-state index in [1.165, 1.54) is 4.90 Å². The van der Waals surface area contributed by atoms with E-state index < -0.39 is 24.6 Å². The molecule has 144 valence electrons. The van der Waals surface area contributed by atoms with Gasteiger partial charge in [0.25, 0.3) is 0 Å². The number of nitrogens with zero attached hydrogens (tertiary/aromatic N) is 2. The molecule has 2 aliphatic rings. The zero-order valence-corrected chi connectivity index (χ0v) is 14.4. The first kappa shape index (κ1) is 19.8. The lowest BCUT2D eigenvalue weighted by Gasteiger charge is -2.42. The van der Waals surface area contributed by atoms with Gasteiger partial charge in [0.15, 0.2) is 0 Å². The molecule has 2 rings (SSSR count). The molecule has 2 N–H and O–H groups in total. The van der Waals surface area contributed by atoms with E-state index >= 15 is 0 Å². The predicted octanol–water partition coefficient (Wildman–Crippen LogP) is 2.30. The van der Waals surface area contributed by atoms with Crippen molar-refractivity contribution in [1.82, 2.24) is 15.1 Å². The average Bonchev–Trinajstić information content (AvgIpc) is 3.27. The Hall–Kier alpha value is -1.51. The van der Waals surface area contributed by atoms with Crippen molar-refractivity contribution in [3.8, 4) is 0 Å².